The van der Waals surface area contributed by atoms with E-state index in [1.165, 1.54) is 6.92 Å². The van der Waals surface area contributed by atoms with Crippen LogP contribution in [0.3, 0.4) is 0 Å². The van der Waals surface area contributed by atoms with Gasteiger partial charge in [-0.2, -0.15) is 0 Å². The van der Waals surface area contributed by atoms with Gasteiger partial charge in [-0.15, -0.1) is 0 Å². The average Bonchev–Trinajstić information content (AvgIpc) is 2.01. The molecular weight excluding hydrogens is 186 g/mol. The van der Waals surface area contributed by atoms with Crippen molar-refractivity contribution < 1.29 is 24.3 Å². The van der Waals surface area contributed by atoms with Crippen LogP contribution < -0.4 is 0 Å². The van der Waals surface area contributed by atoms with Gasteiger partial charge >= 0.3 is 11.9 Å². The zero-order chi connectivity index (χ0) is 11.7. The Labute approximate surface area is 83.5 Å². The number of hydrogen-bond acceptors (Lipinski definition) is 2. The zero-order valence-electron chi connectivity index (χ0n) is 9.24. The summed E-state index contributed by atoms with van der Waals surface area (Å²) in [5, 5.41) is 18.0. The van der Waals surface area contributed by atoms with E-state index in [9.17, 15) is 9.59 Å². The van der Waals surface area contributed by atoms with Crippen molar-refractivity contribution in [2.45, 2.75) is 32.4 Å². The molecule has 0 aliphatic heterocycles. The maximum atomic E-state index is 11.0. The summed E-state index contributed by atoms with van der Waals surface area (Å²) < 4.78 is -0.0995. The Bertz CT molecular complexity index is 244. The average molecular weight is 204 g/mol. The quantitative estimate of drug-likeness (QED) is 0.513. The summed E-state index contributed by atoms with van der Waals surface area (Å²) in [6.07, 6.45) is 0. The molecule has 0 saturated carbocycles. The van der Waals surface area contributed by atoms with Crippen LogP contribution in [0.1, 0.15) is 20.8 Å². The van der Waals surface area contributed by atoms with Crippen molar-refractivity contribution in [3.05, 3.63) is 0 Å². The fourth-order valence-electron chi connectivity index (χ4n) is 1.10. The minimum atomic E-state index is -1.81. The van der Waals surface area contributed by atoms with Gasteiger partial charge in [-0.1, -0.05) is 0 Å². The molecule has 5 heteroatoms. The molecule has 5 nitrogen and oxygen atoms in total. The van der Waals surface area contributed by atoms with Crippen molar-refractivity contribution in [3.63, 3.8) is 0 Å². The number of carboxylic acid groups (broad SMARTS) is 2. The van der Waals surface area contributed by atoms with Gasteiger partial charge in [-0.05, 0) is 13.8 Å². The molecule has 0 aliphatic rings. The van der Waals surface area contributed by atoms with E-state index < -0.39 is 17.5 Å². The van der Waals surface area contributed by atoms with Crippen LogP contribution in [0.15, 0.2) is 0 Å². The van der Waals surface area contributed by atoms with Gasteiger partial charge in [0, 0.05) is 6.92 Å². The second kappa shape index (κ2) is 3.57. The van der Waals surface area contributed by atoms with Crippen molar-refractivity contribution >= 4 is 11.9 Å². The number of carbonyl (C=O) groups is 2. The zero-order valence-corrected chi connectivity index (χ0v) is 9.24. The molecule has 0 aliphatic carbocycles. The number of nitrogens with zero attached hydrogens (tertiary/aromatic N) is 1. The van der Waals surface area contributed by atoms with E-state index in [4.69, 9.17) is 10.2 Å². The second-order valence-electron chi connectivity index (χ2n) is 4.32. The minimum absolute atomic E-state index is 0.0906. The highest BCUT2D eigenvalue weighted by atomic mass is 16.4. The van der Waals surface area contributed by atoms with Gasteiger partial charge in [0.1, 0.15) is 0 Å². The summed E-state index contributed by atoms with van der Waals surface area (Å²) in [5.41, 5.74) is -1.81. The Morgan fingerprint density at radius 3 is 1.50 bits per heavy atom. The van der Waals surface area contributed by atoms with Crippen molar-refractivity contribution in [1.82, 2.24) is 0 Å². The van der Waals surface area contributed by atoms with E-state index >= 15 is 0 Å². The molecular formula is C9H18NO4+. The lowest BCUT2D eigenvalue weighted by Crippen LogP contribution is -2.69. The summed E-state index contributed by atoms with van der Waals surface area (Å²) >= 11 is 0. The molecule has 82 valence electrons. The third-order valence-electron chi connectivity index (χ3n) is 3.28. The predicted octanol–water partition coefficient (Wildman–Crippen LogP) is 0.399. The molecule has 0 aromatic rings. The molecule has 0 rings (SSSR count). The first-order chi connectivity index (χ1) is 6.08. The van der Waals surface area contributed by atoms with Gasteiger partial charge in [0.05, 0.1) is 20.1 Å². The molecule has 0 atom stereocenters. The minimum Gasteiger partial charge on any atom is -0.476 e. The molecule has 0 radical (unpaired) electrons. The number of aliphatic carboxylic acids is 2. The number of likely N-dealkylation sites (N-methyl/N-ethyl adjacent to an activating group) is 1. The number of carboxylic acids is 2. The first-order valence-electron chi connectivity index (χ1n) is 4.39. The van der Waals surface area contributed by atoms with Gasteiger partial charge < -0.3 is 14.7 Å². The smallest absolute Gasteiger partial charge is 0.377 e. The molecule has 0 bridgehead atoms. The monoisotopic (exact) mass is 204 g/mol. The Morgan fingerprint density at radius 1 is 1.14 bits per heavy atom. The summed E-state index contributed by atoms with van der Waals surface area (Å²) in [5.74, 6) is -2.63. The highest BCUT2D eigenvalue weighted by molar-refractivity contribution is 6.01. The van der Waals surface area contributed by atoms with E-state index in [-0.39, 0.29) is 10.5 Å². The molecule has 0 aromatic carbocycles. The Hall–Kier alpha value is -1.10. The largest absolute Gasteiger partial charge is 0.476 e. The van der Waals surface area contributed by atoms with Crippen molar-refractivity contribution in [1.29, 1.82) is 0 Å². The van der Waals surface area contributed by atoms with Crippen LogP contribution in [0.25, 0.3) is 0 Å². The molecule has 0 spiro atoms. The van der Waals surface area contributed by atoms with Gasteiger partial charge in [0.2, 0.25) is 0 Å². The van der Waals surface area contributed by atoms with Crippen LogP contribution in [0.4, 0.5) is 0 Å². The van der Waals surface area contributed by atoms with Crippen molar-refractivity contribution in [2.24, 2.45) is 0 Å². The standard InChI is InChI=1S/C9H17NO4/c1-6(2)10(4,5)9(3,7(11)12)8(13)14/h6H,1-5H3,(H-,11,12,13,14)/p+1. The molecule has 0 heterocycles. The maximum Gasteiger partial charge on any atom is 0.377 e. The van der Waals surface area contributed by atoms with Crippen molar-refractivity contribution in [2.75, 3.05) is 14.1 Å². The summed E-state index contributed by atoms with van der Waals surface area (Å²) in [4.78, 5) is 22.0. The van der Waals surface area contributed by atoms with Crippen LogP contribution in [-0.2, 0) is 9.59 Å². The van der Waals surface area contributed by atoms with E-state index in [0.29, 0.717) is 0 Å². The molecule has 14 heavy (non-hydrogen) atoms. The second-order valence-corrected chi connectivity index (χ2v) is 4.32. The van der Waals surface area contributed by atoms with Gasteiger partial charge in [-0.3, -0.25) is 0 Å². The highest BCUT2D eigenvalue weighted by Crippen LogP contribution is 2.25. The molecule has 0 amide bonds. The fourth-order valence-corrected chi connectivity index (χ4v) is 1.10. The van der Waals surface area contributed by atoms with Crippen LogP contribution in [-0.4, -0.2) is 52.3 Å². The normalized spacial score (nSPS) is 13.0. The Kier molecular flexibility index (Phi) is 3.29. The predicted molar refractivity (Wildman–Crippen MR) is 50.9 cm³/mol. The third-order valence-corrected chi connectivity index (χ3v) is 3.28. The van der Waals surface area contributed by atoms with E-state index in [0.717, 1.165) is 0 Å². The first-order valence-corrected chi connectivity index (χ1v) is 4.39. The SMILES string of the molecule is CC(C)[N+](C)(C)C(C)(C(=O)O)C(=O)O. The topological polar surface area (TPSA) is 74.6 Å². The molecule has 2 N–H and O–H groups in total. The number of hydrogen-bond donors (Lipinski definition) is 2. The van der Waals surface area contributed by atoms with Gasteiger partial charge in [-0.25, -0.2) is 9.59 Å². The summed E-state index contributed by atoms with van der Waals surface area (Å²) in [7, 11) is 3.21. The van der Waals surface area contributed by atoms with Crippen LogP contribution in [0, 0.1) is 0 Å². The van der Waals surface area contributed by atoms with E-state index in [2.05, 4.69) is 0 Å². The lowest BCUT2D eigenvalue weighted by atomic mass is 9.96. The van der Waals surface area contributed by atoms with E-state index in [1.807, 2.05) is 0 Å². The summed E-state index contributed by atoms with van der Waals surface area (Å²) in [6, 6.07) is -0.0906. The van der Waals surface area contributed by atoms with Crippen molar-refractivity contribution in [3.8, 4) is 0 Å². The van der Waals surface area contributed by atoms with Gasteiger partial charge in [0.15, 0.2) is 0 Å². The number of quaternary nitrogens is 1. The Morgan fingerprint density at radius 2 is 1.43 bits per heavy atom. The highest BCUT2D eigenvalue weighted by Gasteiger charge is 2.57. The molecule has 0 unspecified atom stereocenters. The molecule has 0 fully saturated rings. The lowest BCUT2D eigenvalue weighted by molar-refractivity contribution is -0.940. The number of rotatable bonds is 4. The van der Waals surface area contributed by atoms with Gasteiger partial charge in [0.25, 0.3) is 5.54 Å². The fraction of sp³-hybridized carbons (Fsp3) is 0.778. The lowest BCUT2D eigenvalue weighted by Gasteiger charge is -2.43. The molecule has 0 aromatic heterocycles. The van der Waals surface area contributed by atoms with Crippen LogP contribution in [0.2, 0.25) is 0 Å². The van der Waals surface area contributed by atoms with Crippen LogP contribution in [0.5, 0.6) is 0 Å². The molecule has 0 saturated heterocycles. The first kappa shape index (κ1) is 12.9. The Balaban J connectivity index is 5.44. The van der Waals surface area contributed by atoms with E-state index in [1.54, 1.807) is 27.9 Å². The third kappa shape index (κ3) is 1.59. The van der Waals surface area contributed by atoms with Crippen LogP contribution >= 0.6 is 0 Å². The summed E-state index contributed by atoms with van der Waals surface area (Å²) in [6.45, 7) is 4.83. The maximum absolute atomic E-state index is 11.0.